The molecular formula is C25H46N9O10P. The van der Waals surface area contributed by atoms with E-state index in [1.165, 1.54) is 0 Å². The Bertz CT molecular complexity index is 1090. The second-order valence-corrected chi connectivity index (χ2v) is 11.3. The molecule has 45 heavy (non-hydrogen) atoms. The van der Waals surface area contributed by atoms with Crippen LogP contribution in [0.5, 0.6) is 0 Å². The van der Waals surface area contributed by atoms with Crippen molar-refractivity contribution in [1.82, 2.24) is 21.3 Å². The highest BCUT2D eigenvalue weighted by Gasteiger charge is 2.35. The van der Waals surface area contributed by atoms with Gasteiger partial charge in [0.25, 0.3) is 0 Å². The summed E-state index contributed by atoms with van der Waals surface area (Å²) in [6, 6.07) is -6.73. The summed E-state index contributed by atoms with van der Waals surface area (Å²) in [5.41, 5.74) is 21.4. The number of nitrogens with zero attached hydrogens (tertiary/aromatic N) is 1. The molecule has 0 rings (SSSR count). The minimum atomic E-state index is -3.45. The first-order chi connectivity index (χ1) is 20.9. The number of aliphatic carboxylic acids is 1. The molecule has 19 nitrogen and oxygen atoms in total. The molecule has 0 fully saturated rings. The summed E-state index contributed by atoms with van der Waals surface area (Å²) in [6.07, 6.45) is 0.326. The number of nitrogens with two attached hydrogens (primary N) is 4. The van der Waals surface area contributed by atoms with Crippen molar-refractivity contribution in [3.8, 4) is 0 Å². The van der Waals surface area contributed by atoms with Crippen molar-refractivity contribution in [3.63, 3.8) is 0 Å². The van der Waals surface area contributed by atoms with Gasteiger partial charge in [0.15, 0.2) is 5.96 Å². The predicted molar refractivity (Wildman–Crippen MR) is 160 cm³/mol. The number of aliphatic imine (C=N–C) groups is 1. The van der Waals surface area contributed by atoms with Crippen molar-refractivity contribution < 1.29 is 47.9 Å². The zero-order valence-corrected chi connectivity index (χ0v) is 26.7. The Kier molecular flexibility index (Phi) is 19.1. The molecule has 20 heteroatoms. The normalized spacial score (nSPS) is 15.3. The van der Waals surface area contributed by atoms with Crippen LogP contribution in [0.3, 0.4) is 0 Å². The van der Waals surface area contributed by atoms with Crippen molar-refractivity contribution in [3.05, 3.63) is 0 Å². The lowest BCUT2D eigenvalue weighted by atomic mass is 9.97. The van der Waals surface area contributed by atoms with E-state index in [0.29, 0.717) is 6.42 Å². The molecule has 1 unspecified atom stereocenters. The van der Waals surface area contributed by atoms with Gasteiger partial charge < -0.3 is 54.2 Å². The fourth-order valence-electron chi connectivity index (χ4n) is 3.78. The number of carbonyl (C=O) groups is 6. The Labute approximate surface area is 262 Å². The predicted octanol–water partition coefficient (Wildman–Crippen LogP) is -3.61. The summed E-state index contributed by atoms with van der Waals surface area (Å²) in [5, 5.41) is 19.1. The van der Waals surface area contributed by atoms with Crippen molar-refractivity contribution >= 4 is 49.7 Å². The van der Waals surface area contributed by atoms with Crippen LogP contribution in [-0.4, -0.2) is 89.9 Å². The van der Waals surface area contributed by atoms with Gasteiger partial charge in [0.2, 0.25) is 29.5 Å². The quantitative estimate of drug-likeness (QED) is 0.0234. The van der Waals surface area contributed by atoms with Crippen LogP contribution in [0.15, 0.2) is 4.99 Å². The second kappa shape index (κ2) is 20.9. The minimum absolute atomic E-state index is 0.0331. The van der Waals surface area contributed by atoms with Gasteiger partial charge in [-0.05, 0) is 35.7 Å². The van der Waals surface area contributed by atoms with E-state index < -0.39 is 92.4 Å². The average molecular weight is 664 g/mol. The number of rotatable bonds is 22. The van der Waals surface area contributed by atoms with Crippen molar-refractivity contribution in [2.75, 3.05) is 13.2 Å². The molecule has 0 spiro atoms. The van der Waals surface area contributed by atoms with E-state index in [9.17, 15) is 43.3 Å². The summed E-state index contributed by atoms with van der Waals surface area (Å²) in [4.78, 5) is 89.8. The first-order valence-corrected chi connectivity index (χ1v) is 15.3. The Balaban J connectivity index is 5.86. The van der Waals surface area contributed by atoms with Crippen LogP contribution in [0.2, 0.25) is 0 Å². The van der Waals surface area contributed by atoms with E-state index in [-0.39, 0.29) is 38.2 Å². The lowest BCUT2D eigenvalue weighted by Crippen LogP contribution is -2.61. The van der Waals surface area contributed by atoms with Crippen LogP contribution >= 0.6 is 8.25 Å². The molecule has 0 aromatic rings. The summed E-state index contributed by atoms with van der Waals surface area (Å²) in [6.45, 7) is 5.75. The zero-order chi connectivity index (χ0) is 34.9. The minimum Gasteiger partial charge on any atom is -0.566 e. The summed E-state index contributed by atoms with van der Waals surface area (Å²) in [7, 11) is -3.45. The Hall–Kier alpha value is -3.93. The van der Waals surface area contributed by atoms with Crippen LogP contribution in [-0.2, 0) is 37.9 Å². The van der Waals surface area contributed by atoms with E-state index in [1.54, 1.807) is 27.7 Å². The molecule has 0 aliphatic carbocycles. The maximum Gasteiger partial charge on any atom is 0.488 e. The topological polar surface area (TPSA) is 337 Å². The molecule has 0 bridgehead atoms. The number of guanidine groups is 1. The highest BCUT2D eigenvalue weighted by Crippen LogP contribution is 2.13. The molecule has 0 heterocycles. The van der Waals surface area contributed by atoms with Gasteiger partial charge in [0.1, 0.15) is 30.8 Å². The number of carboxylic acids is 1. The number of carboxylic acid groups (broad SMARTS) is 1. The third-order valence-electron chi connectivity index (χ3n) is 6.62. The summed E-state index contributed by atoms with van der Waals surface area (Å²) >= 11 is 0. The van der Waals surface area contributed by atoms with Crippen LogP contribution in [0.1, 0.15) is 59.8 Å². The molecule has 7 atom stereocenters. The van der Waals surface area contributed by atoms with Gasteiger partial charge in [-0.25, -0.2) is 4.79 Å². The van der Waals surface area contributed by atoms with Crippen LogP contribution in [0, 0.1) is 11.8 Å². The van der Waals surface area contributed by atoms with Crippen molar-refractivity contribution in [2.24, 2.45) is 39.8 Å². The summed E-state index contributed by atoms with van der Waals surface area (Å²) < 4.78 is 15.7. The van der Waals surface area contributed by atoms with Crippen LogP contribution in [0.4, 0.5) is 0 Å². The third kappa shape index (κ3) is 16.6. The number of amides is 5. The van der Waals surface area contributed by atoms with Gasteiger partial charge in [0.05, 0.1) is 6.04 Å². The monoisotopic (exact) mass is 663 g/mol. The fraction of sp³-hybridized carbons (Fsp3) is 0.720. The lowest BCUT2D eigenvalue weighted by Gasteiger charge is -2.28. The summed E-state index contributed by atoms with van der Waals surface area (Å²) in [5.74, 6) is -6.81. The molecule has 5 amide bonds. The van der Waals surface area contributed by atoms with E-state index >= 15 is 0 Å². The van der Waals surface area contributed by atoms with E-state index in [4.69, 9.17) is 22.9 Å². The van der Waals surface area contributed by atoms with Gasteiger partial charge in [-0.2, -0.15) is 0 Å². The van der Waals surface area contributed by atoms with Gasteiger partial charge in [0, 0.05) is 13.0 Å². The molecule has 0 saturated carbocycles. The Morgan fingerprint density at radius 1 is 0.867 bits per heavy atom. The standard InChI is InChI=1S/C25H46N9O10P/c1-5-13(4)19(34-20(36)14(26)8-9-17(27)35)23(39)32-16(11-44-45(42)43)21(37)33-18(12(2)3)22(38)31-15(24(40)41)7-6-10-30-25(28)29/h12-16,18-19H,5-11,26H2,1-4H3,(H2,27,35)(H,31,38)(H,32,39)(H,33,37)(H,34,36)(H,40,41)(H4,28,29,30)/t13-,14-,15-,16-,18-,19-/m0/s1. The number of carbonyl (C=O) groups excluding carboxylic acids is 5. The van der Waals surface area contributed by atoms with Crippen LogP contribution in [0.25, 0.3) is 0 Å². The SMILES string of the molecule is CC[C@H](C)[C@H](NC(=O)[C@@H](N)CCC(N)=O)C(=O)N[C@@H](CO[P+](=O)[O-])C(=O)N[C@H](C(=O)N[C@@H](CCCN=C(N)N)C(=O)O)C(C)C. The van der Waals surface area contributed by atoms with E-state index in [1.807, 2.05) is 0 Å². The van der Waals surface area contributed by atoms with Crippen molar-refractivity contribution in [1.29, 1.82) is 0 Å². The molecule has 0 radical (unpaired) electrons. The Morgan fingerprint density at radius 2 is 1.42 bits per heavy atom. The molecule has 0 aromatic heterocycles. The molecule has 0 aliphatic rings. The Morgan fingerprint density at radius 3 is 1.91 bits per heavy atom. The van der Waals surface area contributed by atoms with E-state index in [0.717, 1.165) is 0 Å². The van der Waals surface area contributed by atoms with Crippen LogP contribution < -0.4 is 49.1 Å². The maximum absolute atomic E-state index is 13.3. The molecule has 0 aliphatic heterocycles. The van der Waals surface area contributed by atoms with Gasteiger partial charge in [-0.1, -0.05) is 34.1 Å². The second-order valence-electron chi connectivity index (χ2n) is 10.6. The molecule has 0 aromatic carbocycles. The molecular weight excluding hydrogens is 617 g/mol. The third-order valence-corrected chi connectivity index (χ3v) is 6.98. The highest BCUT2D eigenvalue weighted by molar-refractivity contribution is 7.30. The zero-order valence-electron chi connectivity index (χ0n) is 25.8. The number of nitrogens with one attached hydrogen (secondary N) is 4. The van der Waals surface area contributed by atoms with Gasteiger partial charge in [-0.15, -0.1) is 4.52 Å². The maximum atomic E-state index is 13.3. The smallest absolute Gasteiger partial charge is 0.488 e. The molecule has 0 saturated heterocycles. The van der Waals surface area contributed by atoms with Crippen molar-refractivity contribution in [2.45, 2.75) is 90.0 Å². The first-order valence-electron chi connectivity index (χ1n) is 14.2. The number of hydrogen-bond acceptors (Lipinski definition) is 11. The lowest BCUT2D eigenvalue weighted by molar-refractivity contribution is -0.186. The first kappa shape index (κ1) is 41.1. The van der Waals surface area contributed by atoms with E-state index in [2.05, 4.69) is 30.8 Å². The largest absolute Gasteiger partial charge is 0.566 e. The number of hydrogen-bond donors (Lipinski definition) is 9. The van der Waals surface area contributed by atoms with Gasteiger partial charge >= 0.3 is 14.2 Å². The molecule has 13 N–H and O–H groups in total. The number of primary amides is 1. The van der Waals surface area contributed by atoms with Gasteiger partial charge in [-0.3, -0.25) is 29.0 Å². The fourth-order valence-corrected chi connectivity index (χ4v) is 4.05. The molecule has 256 valence electrons. The average Bonchev–Trinajstić information content (AvgIpc) is 2.95. The highest BCUT2D eigenvalue weighted by atomic mass is 31.1.